The molecule has 4 nitrogen and oxygen atoms in total. The van der Waals surface area contributed by atoms with Gasteiger partial charge in [0.2, 0.25) is 10.0 Å². The highest BCUT2D eigenvalue weighted by molar-refractivity contribution is 7.89. The van der Waals surface area contributed by atoms with Gasteiger partial charge >= 0.3 is 0 Å². The van der Waals surface area contributed by atoms with E-state index < -0.39 is 10.0 Å². The van der Waals surface area contributed by atoms with Crippen molar-refractivity contribution in [3.63, 3.8) is 0 Å². The molecule has 1 aromatic carbocycles. The van der Waals surface area contributed by atoms with E-state index in [0.717, 1.165) is 12.0 Å². The number of rotatable bonds is 6. The van der Waals surface area contributed by atoms with E-state index >= 15 is 0 Å². The maximum atomic E-state index is 11.9. The molecule has 0 saturated carbocycles. The van der Waals surface area contributed by atoms with Crippen LogP contribution in [0.1, 0.15) is 25.8 Å². The first-order chi connectivity index (χ1) is 7.95. The molecule has 3 N–H and O–H groups in total. The molecule has 1 rings (SSSR count). The number of sulfonamides is 1. The number of hydrogen-bond acceptors (Lipinski definition) is 3. The van der Waals surface area contributed by atoms with E-state index in [4.69, 9.17) is 5.73 Å². The summed E-state index contributed by atoms with van der Waals surface area (Å²) in [5.74, 6) is 0.484. The summed E-state index contributed by atoms with van der Waals surface area (Å²) in [6, 6.07) is 6.63. The molecule has 5 heteroatoms. The average molecular weight is 256 g/mol. The molecular formula is C12H20N2O2S. The Morgan fingerprint density at radius 3 is 2.29 bits per heavy atom. The van der Waals surface area contributed by atoms with Crippen LogP contribution >= 0.6 is 0 Å². The van der Waals surface area contributed by atoms with Gasteiger partial charge in [-0.3, -0.25) is 0 Å². The van der Waals surface area contributed by atoms with Crippen LogP contribution in [-0.4, -0.2) is 15.0 Å². The summed E-state index contributed by atoms with van der Waals surface area (Å²) in [5.41, 5.74) is 6.38. The largest absolute Gasteiger partial charge is 0.326 e. The monoisotopic (exact) mass is 256 g/mol. The summed E-state index contributed by atoms with van der Waals surface area (Å²) in [7, 11) is -3.37. The molecule has 0 atom stereocenters. The summed E-state index contributed by atoms with van der Waals surface area (Å²) in [6.07, 6.45) is 0.833. The van der Waals surface area contributed by atoms with Crippen molar-refractivity contribution in [3.05, 3.63) is 29.8 Å². The van der Waals surface area contributed by atoms with Gasteiger partial charge in [-0.25, -0.2) is 13.1 Å². The van der Waals surface area contributed by atoms with Crippen LogP contribution in [-0.2, 0) is 16.6 Å². The third kappa shape index (κ3) is 4.46. The quantitative estimate of drug-likeness (QED) is 0.809. The van der Waals surface area contributed by atoms with Gasteiger partial charge in [-0.15, -0.1) is 0 Å². The lowest BCUT2D eigenvalue weighted by molar-refractivity contribution is 0.551. The van der Waals surface area contributed by atoms with Gasteiger partial charge in [0.1, 0.15) is 0 Å². The fourth-order valence-corrected chi connectivity index (χ4v) is 2.42. The Bertz CT molecular complexity index is 438. The van der Waals surface area contributed by atoms with Crippen molar-refractivity contribution in [1.82, 2.24) is 4.72 Å². The van der Waals surface area contributed by atoms with Crippen LogP contribution < -0.4 is 10.5 Å². The Morgan fingerprint density at radius 1 is 1.24 bits per heavy atom. The Hall–Kier alpha value is -0.910. The van der Waals surface area contributed by atoms with E-state index in [0.29, 0.717) is 23.9 Å². The fraction of sp³-hybridized carbons (Fsp3) is 0.500. The van der Waals surface area contributed by atoms with Gasteiger partial charge in [0.15, 0.2) is 0 Å². The second-order valence-electron chi connectivity index (χ2n) is 4.43. The summed E-state index contributed by atoms with van der Waals surface area (Å²) < 4.78 is 26.3. The normalized spacial score (nSPS) is 12.0. The Balaban J connectivity index is 2.68. The lowest BCUT2D eigenvalue weighted by atomic mass is 10.1. The SMILES string of the molecule is CC(C)CCNS(=O)(=O)c1ccc(CN)cc1. The predicted molar refractivity (Wildman–Crippen MR) is 69.0 cm³/mol. The molecule has 17 heavy (non-hydrogen) atoms. The summed E-state index contributed by atoms with van der Waals surface area (Å²) in [6.45, 7) is 5.01. The predicted octanol–water partition coefficient (Wildman–Crippen LogP) is 1.47. The Morgan fingerprint density at radius 2 is 1.82 bits per heavy atom. The lowest BCUT2D eigenvalue weighted by Gasteiger charge is -2.08. The molecule has 1 aromatic rings. The number of nitrogens with one attached hydrogen (secondary N) is 1. The van der Waals surface area contributed by atoms with Crippen molar-refractivity contribution < 1.29 is 8.42 Å². The topological polar surface area (TPSA) is 72.2 Å². The molecule has 0 spiro atoms. The van der Waals surface area contributed by atoms with Gasteiger partial charge in [0, 0.05) is 13.1 Å². The minimum Gasteiger partial charge on any atom is -0.326 e. The molecule has 0 radical (unpaired) electrons. The van der Waals surface area contributed by atoms with E-state index in [-0.39, 0.29) is 0 Å². The summed E-state index contributed by atoms with van der Waals surface area (Å²) in [4.78, 5) is 0.290. The molecule has 0 unspecified atom stereocenters. The highest BCUT2D eigenvalue weighted by atomic mass is 32.2. The molecular weight excluding hydrogens is 236 g/mol. The fourth-order valence-electron chi connectivity index (χ4n) is 1.37. The standard InChI is InChI=1S/C12H20N2O2S/c1-10(2)7-8-14-17(15,16)12-5-3-11(9-13)4-6-12/h3-6,10,14H,7-9,13H2,1-2H3. The van der Waals surface area contributed by atoms with Gasteiger partial charge in [-0.2, -0.15) is 0 Å². The molecule has 0 fully saturated rings. The number of hydrogen-bond donors (Lipinski definition) is 2. The van der Waals surface area contributed by atoms with Crippen LogP contribution in [0.2, 0.25) is 0 Å². The number of benzene rings is 1. The van der Waals surface area contributed by atoms with Crippen LogP contribution in [0.5, 0.6) is 0 Å². The second kappa shape index (κ2) is 6.14. The van der Waals surface area contributed by atoms with Crippen LogP contribution in [0.4, 0.5) is 0 Å². The zero-order chi connectivity index (χ0) is 12.9. The van der Waals surface area contributed by atoms with Crippen molar-refractivity contribution in [2.75, 3.05) is 6.54 Å². The minimum absolute atomic E-state index is 0.290. The van der Waals surface area contributed by atoms with Gasteiger partial charge in [-0.05, 0) is 30.0 Å². The first-order valence-electron chi connectivity index (χ1n) is 5.74. The first-order valence-corrected chi connectivity index (χ1v) is 7.22. The average Bonchev–Trinajstić information content (AvgIpc) is 2.28. The van der Waals surface area contributed by atoms with Crippen LogP contribution in [0.3, 0.4) is 0 Å². The smallest absolute Gasteiger partial charge is 0.240 e. The molecule has 0 saturated heterocycles. The van der Waals surface area contributed by atoms with E-state index in [1.54, 1.807) is 24.3 Å². The van der Waals surface area contributed by atoms with E-state index in [1.165, 1.54) is 0 Å². The Labute approximate surface area is 103 Å². The maximum Gasteiger partial charge on any atom is 0.240 e. The molecule has 0 aromatic heterocycles. The molecule has 0 aliphatic rings. The summed E-state index contributed by atoms with van der Waals surface area (Å²) >= 11 is 0. The van der Waals surface area contributed by atoms with Crippen molar-refractivity contribution in [2.24, 2.45) is 11.7 Å². The van der Waals surface area contributed by atoms with Crippen molar-refractivity contribution in [1.29, 1.82) is 0 Å². The lowest BCUT2D eigenvalue weighted by Crippen LogP contribution is -2.25. The molecule has 0 aliphatic heterocycles. The van der Waals surface area contributed by atoms with Crippen molar-refractivity contribution in [3.8, 4) is 0 Å². The highest BCUT2D eigenvalue weighted by Crippen LogP contribution is 2.10. The molecule has 0 heterocycles. The first kappa shape index (κ1) is 14.2. The highest BCUT2D eigenvalue weighted by Gasteiger charge is 2.12. The maximum absolute atomic E-state index is 11.9. The van der Waals surface area contributed by atoms with E-state index in [9.17, 15) is 8.42 Å². The minimum atomic E-state index is -3.37. The van der Waals surface area contributed by atoms with Crippen molar-refractivity contribution >= 4 is 10.0 Å². The molecule has 0 amide bonds. The van der Waals surface area contributed by atoms with Crippen LogP contribution in [0.25, 0.3) is 0 Å². The Kier molecular flexibility index (Phi) is 5.11. The van der Waals surface area contributed by atoms with Gasteiger partial charge in [-0.1, -0.05) is 26.0 Å². The van der Waals surface area contributed by atoms with Gasteiger partial charge in [0.25, 0.3) is 0 Å². The van der Waals surface area contributed by atoms with Gasteiger partial charge in [0.05, 0.1) is 4.90 Å². The third-order valence-corrected chi connectivity index (χ3v) is 3.96. The molecule has 0 bridgehead atoms. The molecule has 96 valence electrons. The summed E-state index contributed by atoms with van der Waals surface area (Å²) in [5, 5.41) is 0. The van der Waals surface area contributed by atoms with Crippen molar-refractivity contribution in [2.45, 2.75) is 31.7 Å². The zero-order valence-corrected chi connectivity index (χ0v) is 11.1. The van der Waals surface area contributed by atoms with E-state index in [1.807, 2.05) is 0 Å². The van der Waals surface area contributed by atoms with E-state index in [2.05, 4.69) is 18.6 Å². The van der Waals surface area contributed by atoms with Gasteiger partial charge < -0.3 is 5.73 Å². The van der Waals surface area contributed by atoms with Crippen LogP contribution in [0.15, 0.2) is 29.2 Å². The zero-order valence-electron chi connectivity index (χ0n) is 10.3. The number of nitrogens with two attached hydrogens (primary N) is 1. The third-order valence-electron chi connectivity index (χ3n) is 2.48. The molecule has 0 aliphatic carbocycles. The van der Waals surface area contributed by atoms with Crippen LogP contribution in [0, 0.1) is 5.92 Å². The second-order valence-corrected chi connectivity index (χ2v) is 6.20.